The summed E-state index contributed by atoms with van der Waals surface area (Å²) in [5.74, 6) is 0.206. The first-order chi connectivity index (χ1) is 9.50. The lowest BCUT2D eigenvalue weighted by molar-refractivity contribution is -0.145. The van der Waals surface area contributed by atoms with Crippen molar-refractivity contribution >= 4 is 17.7 Å². The Morgan fingerprint density at radius 1 is 1.35 bits per heavy atom. The van der Waals surface area contributed by atoms with E-state index < -0.39 is 11.5 Å². The van der Waals surface area contributed by atoms with Gasteiger partial charge in [0, 0.05) is 10.9 Å². The van der Waals surface area contributed by atoms with Gasteiger partial charge in [-0.25, -0.2) is 0 Å². The van der Waals surface area contributed by atoms with Gasteiger partial charge in [0.25, 0.3) is 0 Å². The third-order valence-electron chi connectivity index (χ3n) is 3.34. The number of benzene rings is 1. The smallest absolute Gasteiger partial charge is 0.323 e. The maximum Gasteiger partial charge on any atom is 0.323 e. The Kier molecular flexibility index (Phi) is 7.10. The molecule has 1 unspecified atom stereocenters. The van der Waals surface area contributed by atoms with Gasteiger partial charge in [0.1, 0.15) is 5.54 Å². The molecule has 1 aromatic carbocycles. The summed E-state index contributed by atoms with van der Waals surface area (Å²) in [7, 11) is 0. The summed E-state index contributed by atoms with van der Waals surface area (Å²) in [6, 6.07) is 10.4. The zero-order valence-corrected chi connectivity index (χ0v) is 13.4. The highest BCUT2D eigenvalue weighted by Gasteiger charge is 2.36. The molecule has 0 fully saturated rings. The Morgan fingerprint density at radius 2 is 2.00 bits per heavy atom. The second-order valence-corrected chi connectivity index (χ2v) is 6.47. The summed E-state index contributed by atoms with van der Waals surface area (Å²) < 4.78 is 0. The number of rotatable bonds is 9. The molecular formula is C16H25NO2S. The Labute approximate surface area is 126 Å². The van der Waals surface area contributed by atoms with E-state index in [2.05, 4.69) is 17.4 Å². The highest BCUT2D eigenvalue weighted by atomic mass is 32.2. The number of hydrogen-bond acceptors (Lipinski definition) is 3. The molecule has 4 heteroatoms. The Hall–Kier alpha value is -1.00. The van der Waals surface area contributed by atoms with Gasteiger partial charge in [-0.3, -0.25) is 10.1 Å². The Morgan fingerprint density at radius 3 is 2.50 bits per heavy atom. The summed E-state index contributed by atoms with van der Waals surface area (Å²) in [6.45, 7) is 5.92. The number of thioether (sulfide) groups is 1. The maximum absolute atomic E-state index is 11.6. The van der Waals surface area contributed by atoms with Crippen LogP contribution in [0.3, 0.4) is 0 Å². The molecule has 0 bridgehead atoms. The summed E-state index contributed by atoms with van der Waals surface area (Å²) >= 11 is 1.78. The van der Waals surface area contributed by atoms with Crippen molar-refractivity contribution in [3.05, 3.63) is 30.3 Å². The third kappa shape index (κ3) is 5.17. The summed E-state index contributed by atoms with van der Waals surface area (Å²) in [4.78, 5) is 12.8. The van der Waals surface area contributed by atoms with E-state index in [1.807, 2.05) is 39.0 Å². The van der Waals surface area contributed by atoms with E-state index in [0.29, 0.717) is 12.8 Å². The highest BCUT2D eigenvalue weighted by Crippen LogP contribution is 2.23. The van der Waals surface area contributed by atoms with Gasteiger partial charge >= 0.3 is 5.97 Å². The molecule has 1 atom stereocenters. The first-order valence-electron chi connectivity index (χ1n) is 7.19. The molecule has 20 heavy (non-hydrogen) atoms. The molecule has 0 amide bonds. The zero-order chi connectivity index (χ0) is 15.0. The van der Waals surface area contributed by atoms with E-state index in [-0.39, 0.29) is 6.04 Å². The standard InChI is InChI=1S/C16H25NO2S/c1-4-16(15(18)19,17-13(2)3)11-8-12-20-14-9-6-5-7-10-14/h5-7,9-10,13,17H,4,8,11-12H2,1-3H3,(H,18,19). The second kappa shape index (κ2) is 8.32. The van der Waals surface area contributed by atoms with Crippen LogP contribution in [0.1, 0.15) is 40.0 Å². The number of hydrogen-bond donors (Lipinski definition) is 2. The van der Waals surface area contributed by atoms with Crippen molar-refractivity contribution in [2.75, 3.05) is 5.75 Å². The molecular weight excluding hydrogens is 270 g/mol. The summed E-state index contributed by atoms with van der Waals surface area (Å²) in [5, 5.41) is 12.8. The molecule has 0 spiro atoms. The first-order valence-corrected chi connectivity index (χ1v) is 8.17. The largest absolute Gasteiger partial charge is 0.480 e. The minimum Gasteiger partial charge on any atom is -0.480 e. The van der Waals surface area contributed by atoms with Crippen molar-refractivity contribution in [1.29, 1.82) is 0 Å². The number of carboxylic acids is 1. The molecule has 0 radical (unpaired) electrons. The quantitative estimate of drug-likeness (QED) is 0.537. The average Bonchev–Trinajstić information content (AvgIpc) is 2.42. The van der Waals surface area contributed by atoms with E-state index in [1.165, 1.54) is 4.90 Å². The predicted molar refractivity (Wildman–Crippen MR) is 85.3 cm³/mol. The normalized spacial score (nSPS) is 14.2. The molecule has 0 saturated carbocycles. The van der Waals surface area contributed by atoms with Crippen LogP contribution >= 0.6 is 11.8 Å². The molecule has 3 nitrogen and oxygen atoms in total. The Balaban J connectivity index is 2.48. The van der Waals surface area contributed by atoms with Crippen LogP contribution in [-0.4, -0.2) is 28.4 Å². The minimum absolute atomic E-state index is 0.174. The van der Waals surface area contributed by atoms with Crippen LogP contribution in [0.2, 0.25) is 0 Å². The molecule has 0 aliphatic rings. The zero-order valence-electron chi connectivity index (χ0n) is 12.6. The SMILES string of the molecule is CCC(CCCSc1ccccc1)(NC(C)C)C(=O)O. The van der Waals surface area contributed by atoms with Crippen LogP contribution in [0, 0.1) is 0 Å². The van der Waals surface area contributed by atoms with Crippen LogP contribution in [0.5, 0.6) is 0 Å². The van der Waals surface area contributed by atoms with E-state index in [1.54, 1.807) is 11.8 Å². The fraction of sp³-hybridized carbons (Fsp3) is 0.562. The van der Waals surface area contributed by atoms with Crippen molar-refractivity contribution in [1.82, 2.24) is 5.32 Å². The van der Waals surface area contributed by atoms with Gasteiger partial charge in [0.15, 0.2) is 0 Å². The van der Waals surface area contributed by atoms with Crippen LogP contribution in [0.25, 0.3) is 0 Å². The fourth-order valence-electron chi connectivity index (χ4n) is 2.30. The summed E-state index contributed by atoms with van der Waals surface area (Å²) in [6.07, 6.45) is 2.16. The lowest BCUT2D eigenvalue weighted by Crippen LogP contribution is -2.54. The van der Waals surface area contributed by atoms with Gasteiger partial charge in [-0.05, 0) is 51.0 Å². The third-order valence-corrected chi connectivity index (χ3v) is 4.44. The number of carboxylic acid groups (broad SMARTS) is 1. The van der Waals surface area contributed by atoms with E-state index in [4.69, 9.17) is 0 Å². The van der Waals surface area contributed by atoms with Gasteiger partial charge in [0.05, 0.1) is 0 Å². The summed E-state index contributed by atoms with van der Waals surface area (Å²) in [5.41, 5.74) is -0.786. The van der Waals surface area contributed by atoms with Crippen LogP contribution in [-0.2, 0) is 4.79 Å². The molecule has 0 aromatic heterocycles. The average molecular weight is 295 g/mol. The van der Waals surface area contributed by atoms with Gasteiger partial charge in [-0.1, -0.05) is 25.1 Å². The van der Waals surface area contributed by atoms with Crippen molar-refractivity contribution in [3.8, 4) is 0 Å². The monoisotopic (exact) mass is 295 g/mol. The fourth-order valence-corrected chi connectivity index (χ4v) is 3.18. The molecule has 112 valence electrons. The van der Waals surface area contributed by atoms with Gasteiger partial charge in [0.2, 0.25) is 0 Å². The molecule has 0 saturated heterocycles. The molecule has 1 rings (SSSR count). The van der Waals surface area contributed by atoms with Gasteiger partial charge < -0.3 is 5.11 Å². The lowest BCUT2D eigenvalue weighted by Gasteiger charge is -2.31. The van der Waals surface area contributed by atoms with Crippen LogP contribution in [0.15, 0.2) is 35.2 Å². The Bertz CT molecular complexity index is 408. The second-order valence-electron chi connectivity index (χ2n) is 5.30. The van der Waals surface area contributed by atoms with Crippen LogP contribution in [0.4, 0.5) is 0 Å². The molecule has 0 aliphatic heterocycles. The number of nitrogens with one attached hydrogen (secondary N) is 1. The van der Waals surface area contributed by atoms with E-state index in [9.17, 15) is 9.90 Å². The molecule has 0 aliphatic carbocycles. The maximum atomic E-state index is 11.6. The minimum atomic E-state index is -0.786. The molecule has 0 heterocycles. The first kappa shape index (κ1) is 17.1. The van der Waals surface area contributed by atoms with Crippen molar-refractivity contribution in [2.45, 2.75) is 56.5 Å². The van der Waals surface area contributed by atoms with Gasteiger partial charge in [-0.2, -0.15) is 0 Å². The lowest BCUT2D eigenvalue weighted by atomic mass is 9.90. The molecule has 2 N–H and O–H groups in total. The van der Waals surface area contributed by atoms with Crippen molar-refractivity contribution in [3.63, 3.8) is 0 Å². The van der Waals surface area contributed by atoms with Crippen LogP contribution < -0.4 is 5.32 Å². The topological polar surface area (TPSA) is 49.3 Å². The molecule has 1 aromatic rings. The van der Waals surface area contributed by atoms with E-state index >= 15 is 0 Å². The van der Waals surface area contributed by atoms with Crippen molar-refractivity contribution < 1.29 is 9.90 Å². The predicted octanol–water partition coefficient (Wildman–Crippen LogP) is 3.79. The van der Waals surface area contributed by atoms with Gasteiger partial charge in [-0.15, -0.1) is 11.8 Å². The highest BCUT2D eigenvalue weighted by molar-refractivity contribution is 7.99. The number of aliphatic carboxylic acids is 1. The van der Waals surface area contributed by atoms with E-state index in [0.717, 1.165) is 12.2 Å². The number of carbonyl (C=O) groups is 1. The van der Waals surface area contributed by atoms with Crippen molar-refractivity contribution in [2.24, 2.45) is 0 Å².